The standard InChI is InChI=1S/C17H13BrFNO2/c1-9-3-5-12(8-14(9)19)20-17(21)16-10(2)13-7-11(18)4-6-15(13)22-16/h3-8H,1-2H3,(H,20,21). The fourth-order valence-electron chi connectivity index (χ4n) is 2.27. The number of fused-ring (bicyclic) bond motifs is 1. The van der Waals surface area contributed by atoms with E-state index >= 15 is 0 Å². The van der Waals surface area contributed by atoms with Gasteiger partial charge in [-0.25, -0.2) is 4.39 Å². The predicted molar refractivity (Wildman–Crippen MR) is 87.7 cm³/mol. The molecule has 3 rings (SSSR count). The molecule has 0 aliphatic carbocycles. The number of anilines is 1. The van der Waals surface area contributed by atoms with Crippen molar-refractivity contribution in [3.8, 4) is 0 Å². The van der Waals surface area contributed by atoms with Gasteiger partial charge in [-0.15, -0.1) is 0 Å². The lowest BCUT2D eigenvalue weighted by Crippen LogP contribution is -2.12. The Morgan fingerprint density at radius 2 is 1.95 bits per heavy atom. The number of halogens is 2. The van der Waals surface area contributed by atoms with Crippen LogP contribution in [0.25, 0.3) is 11.0 Å². The minimum atomic E-state index is -0.395. The van der Waals surface area contributed by atoms with Crippen LogP contribution in [0.15, 0.2) is 45.3 Å². The van der Waals surface area contributed by atoms with Gasteiger partial charge < -0.3 is 9.73 Å². The maximum Gasteiger partial charge on any atom is 0.291 e. The summed E-state index contributed by atoms with van der Waals surface area (Å²) in [4.78, 5) is 12.3. The van der Waals surface area contributed by atoms with Crippen LogP contribution in [0.1, 0.15) is 21.7 Å². The molecule has 0 aliphatic heterocycles. The normalized spacial score (nSPS) is 10.9. The van der Waals surface area contributed by atoms with Crippen molar-refractivity contribution < 1.29 is 13.6 Å². The van der Waals surface area contributed by atoms with Crippen LogP contribution in [0.5, 0.6) is 0 Å². The van der Waals surface area contributed by atoms with Crippen molar-refractivity contribution in [3.05, 3.63) is 63.6 Å². The fraction of sp³-hybridized carbons (Fsp3) is 0.118. The van der Waals surface area contributed by atoms with Crippen molar-refractivity contribution in [2.45, 2.75) is 13.8 Å². The number of nitrogens with one attached hydrogen (secondary N) is 1. The molecule has 1 aromatic heterocycles. The smallest absolute Gasteiger partial charge is 0.291 e. The molecule has 0 unspecified atom stereocenters. The number of aryl methyl sites for hydroxylation is 2. The minimum absolute atomic E-state index is 0.231. The SMILES string of the molecule is Cc1ccc(NC(=O)c2oc3ccc(Br)cc3c2C)cc1F. The Kier molecular flexibility index (Phi) is 3.74. The maximum absolute atomic E-state index is 13.5. The van der Waals surface area contributed by atoms with E-state index in [0.717, 1.165) is 15.4 Å². The third-order valence-electron chi connectivity index (χ3n) is 3.53. The van der Waals surface area contributed by atoms with Gasteiger partial charge >= 0.3 is 0 Å². The highest BCUT2D eigenvalue weighted by atomic mass is 79.9. The molecule has 0 aliphatic rings. The highest BCUT2D eigenvalue weighted by Gasteiger charge is 2.18. The lowest BCUT2D eigenvalue weighted by Gasteiger charge is -2.05. The summed E-state index contributed by atoms with van der Waals surface area (Å²) in [7, 11) is 0. The molecule has 0 radical (unpaired) electrons. The summed E-state index contributed by atoms with van der Waals surface area (Å²) in [6.07, 6.45) is 0. The fourth-order valence-corrected chi connectivity index (χ4v) is 2.63. The number of benzene rings is 2. The van der Waals surface area contributed by atoms with Crippen molar-refractivity contribution >= 4 is 38.5 Å². The molecule has 3 nitrogen and oxygen atoms in total. The van der Waals surface area contributed by atoms with E-state index in [1.54, 1.807) is 25.1 Å². The van der Waals surface area contributed by atoms with E-state index in [1.807, 2.05) is 19.1 Å². The molecule has 1 amide bonds. The van der Waals surface area contributed by atoms with Crippen LogP contribution in [0, 0.1) is 19.7 Å². The van der Waals surface area contributed by atoms with Crippen molar-refractivity contribution in [2.75, 3.05) is 5.32 Å². The van der Waals surface area contributed by atoms with Crippen molar-refractivity contribution in [2.24, 2.45) is 0 Å². The zero-order valence-corrected chi connectivity index (χ0v) is 13.6. The molecule has 0 fully saturated rings. The number of rotatable bonds is 2. The summed E-state index contributed by atoms with van der Waals surface area (Å²) in [6, 6.07) is 10.1. The average molecular weight is 362 g/mol. The molecule has 0 spiro atoms. The van der Waals surface area contributed by atoms with E-state index in [9.17, 15) is 9.18 Å². The molecule has 0 saturated heterocycles. The molecule has 1 N–H and O–H groups in total. The lowest BCUT2D eigenvalue weighted by molar-refractivity contribution is 0.0998. The van der Waals surface area contributed by atoms with E-state index in [1.165, 1.54) is 6.07 Å². The van der Waals surface area contributed by atoms with Gasteiger partial charge in [0.1, 0.15) is 11.4 Å². The van der Waals surface area contributed by atoms with Crippen LogP contribution in [-0.2, 0) is 0 Å². The summed E-state index contributed by atoms with van der Waals surface area (Å²) in [5.74, 6) is -0.523. The van der Waals surface area contributed by atoms with E-state index < -0.39 is 5.91 Å². The van der Waals surface area contributed by atoms with Crippen LogP contribution in [0.4, 0.5) is 10.1 Å². The molecule has 0 bridgehead atoms. The second-order valence-corrected chi connectivity index (χ2v) is 6.03. The van der Waals surface area contributed by atoms with Gasteiger partial charge in [-0.05, 0) is 49.7 Å². The van der Waals surface area contributed by atoms with Crippen LogP contribution < -0.4 is 5.32 Å². The van der Waals surface area contributed by atoms with Gasteiger partial charge in [0.25, 0.3) is 5.91 Å². The van der Waals surface area contributed by atoms with E-state index in [-0.39, 0.29) is 11.6 Å². The first-order chi connectivity index (χ1) is 10.5. The van der Waals surface area contributed by atoms with Crippen LogP contribution in [0.2, 0.25) is 0 Å². The van der Waals surface area contributed by atoms with Crippen LogP contribution in [0.3, 0.4) is 0 Å². The zero-order valence-electron chi connectivity index (χ0n) is 12.0. The molecular formula is C17H13BrFNO2. The number of hydrogen-bond donors (Lipinski definition) is 1. The van der Waals surface area contributed by atoms with Crippen molar-refractivity contribution in [1.82, 2.24) is 0 Å². The monoisotopic (exact) mass is 361 g/mol. The Hall–Kier alpha value is -2.14. The summed E-state index contributed by atoms with van der Waals surface area (Å²) in [6.45, 7) is 3.49. The zero-order chi connectivity index (χ0) is 15.9. The molecule has 0 atom stereocenters. The predicted octanol–water partition coefficient (Wildman–Crippen LogP) is 5.20. The highest BCUT2D eigenvalue weighted by Crippen LogP contribution is 2.28. The topological polar surface area (TPSA) is 42.2 Å². The molecule has 0 saturated carbocycles. The first-order valence-corrected chi connectivity index (χ1v) is 7.51. The van der Waals surface area contributed by atoms with Crippen molar-refractivity contribution in [3.63, 3.8) is 0 Å². The number of hydrogen-bond acceptors (Lipinski definition) is 2. The molecule has 3 aromatic rings. The summed E-state index contributed by atoms with van der Waals surface area (Å²) in [5.41, 5.74) is 2.32. The number of carbonyl (C=O) groups is 1. The van der Waals surface area contributed by atoms with E-state index in [0.29, 0.717) is 16.8 Å². The van der Waals surface area contributed by atoms with Gasteiger partial charge in [0.05, 0.1) is 0 Å². The molecule has 2 aromatic carbocycles. The van der Waals surface area contributed by atoms with Crippen molar-refractivity contribution in [1.29, 1.82) is 0 Å². The second-order valence-electron chi connectivity index (χ2n) is 5.11. The number of amides is 1. The van der Waals surface area contributed by atoms with Gasteiger partial charge in [-0.2, -0.15) is 0 Å². The number of carbonyl (C=O) groups excluding carboxylic acids is 1. The van der Waals surface area contributed by atoms with Gasteiger partial charge in [-0.1, -0.05) is 22.0 Å². The van der Waals surface area contributed by atoms with E-state index in [4.69, 9.17) is 4.42 Å². The first kappa shape index (κ1) is 14.8. The summed E-state index contributed by atoms with van der Waals surface area (Å²) in [5, 5.41) is 3.53. The Balaban J connectivity index is 1.95. The van der Waals surface area contributed by atoms with Gasteiger partial charge in [0.2, 0.25) is 0 Å². The van der Waals surface area contributed by atoms with Gasteiger partial charge in [0, 0.05) is 21.1 Å². The molecule has 5 heteroatoms. The molecule has 112 valence electrons. The summed E-state index contributed by atoms with van der Waals surface area (Å²) >= 11 is 3.40. The molecule has 22 heavy (non-hydrogen) atoms. The van der Waals surface area contributed by atoms with E-state index in [2.05, 4.69) is 21.2 Å². The maximum atomic E-state index is 13.5. The Morgan fingerprint density at radius 1 is 1.18 bits per heavy atom. The van der Waals surface area contributed by atoms with Gasteiger partial charge in [0.15, 0.2) is 5.76 Å². The summed E-state index contributed by atoms with van der Waals surface area (Å²) < 4.78 is 20.1. The third kappa shape index (κ3) is 2.64. The largest absolute Gasteiger partial charge is 0.451 e. The minimum Gasteiger partial charge on any atom is -0.451 e. The van der Waals surface area contributed by atoms with Gasteiger partial charge in [-0.3, -0.25) is 4.79 Å². The quantitative estimate of drug-likeness (QED) is 0.681. The number of furan rings is 1. The molecule has 1 heterocycles. The lowest BCUT2D eigenvalue weighted by atomic mass is 10.1. The molecular weight excluding hydrogens is 349 g/mol. The second kappa shape index (κ2) is 5.57. The Labute approximate surface area is 135 Å². The van der Waals surface area contributed by atoms with Crippen LogP contribution >= 0.6 is 15.9 Å². The third-order valence-corrected chi connectivity index (χ3v) is 4.03. The Morgan fingerprint density at radius 3 is 2.68 bits per heavy atom. The highest BCUT2D eigenvalue weighted by molar-refractivity contribution is 9.10. The van der Waals surface area contributed by atoms with Crippen LogP contribution in [-0.4, -0.2) is 5.91 Å². The first-order valence-electron chi connectivity index (χ1n) is 6.72. The average Bonchev–Trinajstić information content (AvgIpc) is 2.80. The Bertz CT molecular complexity index is 886.